The third-order valence-corrected chi connectivity index (χ3v) is 9.47. The summed E-state index contributed by atoms with van der Waals surface area (Å²) in [7, 11) is 3.18. The van der Waals surface area contributed by atoms with Crippen LogP contribution in [0.3, 0.4) is 0 Å². The van der Waals surface area contributed by atoms with Crippen molar-refractivity contribution in [3.05, 3.63) is 36.0 Å². The lowest BCUT2D eigenvalue weighted by Gasteiger charge is -2.42. The first-order chi connectivity index (χ1) is 21.9. The number of ether oxygens (including phenoxy) is 7. The first-order valence-corrected chi connectivity index (χ1v) is 16.4. The zero-order chi connectivity index (χ0) is 33.5. The Morgan fingerprint density at radius 3 is 2.67 bits per heavy atom. The summed E-state index contributed by atoms with van der Waals surface area (Å²) in [6.45, 7) is 12.2. The van der Waals surface area contributed by atoms with Crippen LogP contribution in [-0.4, -0.2) is 117 Å². The highest BCUT2D eigenvalue weighted by Crippen LogP contribution is 2.46. The molecule has 4 fully saturated rings. The van der Waals surface area contributed by atoms with E-state index in [0.29, 0.717) is 32.7 Å². The van der Waals surface area contributed by atoms with Gasteiger partial charge in [-0.05, 0) is 59.0 Å². The summed E-state index contributed by atoms with van der Waals surface area (Å²) in [5.41, 5.74) is 0.438. The van der Waals surface area contributed by atoms with Crippen LogP contribution in [0.4, 0.5) is 4.79 Å². The highest BCUT2D eigenvalue weighted by Gasteiger charge is 2.61. The summed E-state index contributed by atoms with van der Waals surface area (Å²) in [5, 5.41) is 13.9. The van der Waals surface area contributed by atoms with Gasteiger partial charge in [-0.15, -0.1) is 0 Å². The topological polar surface area (TPSA) is 138 Å². The second kappa shape index (κ2) is 16.2. The van der Waals surface area contributed by atoms with Gasteiger partial charge in [0.1, 0.15) is 30.7 Å². The second-order valence-corrected chi connectivity index (χ2v) is 13.5. The number of hydrogen-bond acceptors (Lipinski definition) is 10. The summed E-state index contributed by atoms with van der Waals surface area (Å²) < 4.78 is 39.4. The molecule has 0 aromatic heterocycles. The number of methoxy groups -OCH3 is 2. The molecule has 260 valence electrons. The summed E-state index contributed by atoms with van der Waals surface area (Å²) in [6.07, 6.45) is 9.43. The number of aliphatic hydroxyl groups excluding tert-OH is 1. The van der Waals surface area contributed by atoms with Crippen LogP contribution in [0.5, 0.6) is 0 Å². The summed E-state index contributed by atoms with van der Waals surface area (Å²) >= 11 is 0. The van der Waals surface area contributed by atoms with E-state index in [9.17, 15) is 14.7 Å². The van der Waals surface area contributed by atoms with Crippen LogP contribution in [0.2, 0.25) is 0 Å². The number of nitrogens with zero attached hydrogens (tertiary/aromatic N) is 1. The van der Waals surface area contributed by atoms with E-state index in [4.69, 9.17) is 33.2 Å². The largest absolute Gasteiger partial charge is 0.442 e. The van der Waals surface area contributed by atoms with Gasteiger partial charge in [0, 0.05) is 45.7 Å². The van der Waals surface area contributed by atoms with Crippen LogP contribution in [0, 0.1) is 11.8 Å². The van der Waals surface area contributed by atoms with Crippen LogP contribution in [0.25, 0.3) is 0 Å². The molecular formula is C34H54N2O10. The molecule has 0 bridgehead atoms. The third-order valence-electron chi connectivity index (χ3n) is 9.47. The zero-order valence-electron chi connectivity index (χ0n) is 28.4. The molecule has 2 N–H and O–H groups in total. The summed E-state index contributed by atoms with van der Waals surface area (Å²) in [5.74, 6) is -0.579. The Balaban J connectivity index is 1.18. The molecule has 46 heavy (non-hydrogen) atoms. The maximum Gasteiger partial charge on any atom is 0.410 e. The quantitative estimate of drug-likeness (QED) is 0.100. The van der Waals surface area contributed by atoms with Crippen molar-refractivity contribution in [1.82, 2.24) is 10.2 Å². The van der Waals surface area contributed by atoms with Crippen LogP contribution in [-0.2, 0) is 38.0 Å². The average molecular weight is 651 g/mol. The van der Waals surface area contributed by atoms with Gasteiger partial charge in [0.15, 0.2) is 5.79 Å². The van der Waals surface area contributed by atoms with Crippen molar-refractivity contribution in [2.45, 2.75) is 108 Å². The number of amides is 2. The third kappa shape index (κ3) is 9.85. The Morgan fingerprint density at radius 2 is 1.98 bits per heavy atom. The van der Waals surface area contributed by atoms with Gasteiger partial charge in [-0.3, -0.25) is 4.79 Å². The Labute approximate surface area is 273 Å². The minimum atomic E-state index is -0.810. The number of nitrogens with one attached hydrogen (secondary N) is 1. The van der Waals surface area contributed by atoms with Crippen LogP contribution >= 0.6 is 0 Å². The standard InChI is InChI=1S/C34H54N2O10/c1-22(9-12-29-31(38)34(20-43-34)19-33(5,41-7)46-29)8-11-28-23(2)16-27(25(4)45-28)35-30(37)13-10-24(3)44-32(39)36-15-14-26(17-36)18-42-21-40-6/h8-10,12-13,23-29,31,38H,11,14-21H2,1-7H3,(H,35,37)/b12-9+,13-10-,22-8+/t23-,24-,25+,26?,27+,28-,29?,31+,33-,34+/m0/s1. The van der Waals surface area contributed by atoms with Crippen molar-refractivity contribution >= 4 is 12.0 Å². The highest BCUT2D eigenvalue weighted by molar-refractivity contribution is 5.87. The number of carbonyl (C=O) groups excluding carboxylic acids is 2. The monoisotopic (exact) mass is 650 g/mol. The number of allylic oxidation sites excluding steroid dienone is 2. The van der Waals surface area contributed by atoms with E-state index >= 15 is 0 Å². The van der Waals surface area contributed by atoms with Crippen molar-refractivity contribution in [2.24, 2.45) is 11.8 Å². The molecule has 0 radical (unpaired) electrons. The zero-order valence-corrected chi connectivity index (χ0v) is 28.4. The fourth-order valence-corrected chi connectivity index (χ4v) is 6.46. The summed E-state index contributed by atoms with van der Waals surface area (Å²) in [4.78, 5) is 26.9. The fraction of sp³-hybridized carbons (Fsp3) is 0.765. The van der Waals surface area contributed by atoms with E-state index in [2.05, 4.69) is 18.3 Å². The molecular weight excluding hydrogens is 596 g/mol. The van der Waals surface area contributed by atoms with E-state index in [1.807, 2.05) is 32.9 Å². The lowest BCUT2D eigenvalue weighted by Crippen LogP contribution is -2.55. The number of aliphatic hydroxyl groups is 1. The highest BCUT2D eigenvalue weighted by atomic mass is 16.7. The first-order valence-electron chi connectivity index (χ1n) is 16.4. The van der Waals surface area contributed by atoms with Gasteiger partial charge in [-0.1, -0.05) is 30.7 Å². The Kier molecular flexibility index (Phi) is 12.8. The average Bonchev–Trinajstić information content (AvgIpc) is 3.62. The molecule has 4 rings (SSSR count). The molecule has 4 aliphatic rings. The smallest absolute Gasteiger partial charge is 0.410 e. The van der Waals surface area contributed by atoms with Crippen molar-refractivity contribution in [1.29, 1.82) is 0 Å². The molecule has 4 aliphatic heterocycles. The van der Waals surface area contributed by atoms with Crippen LogP contribution in [0.1, 0.15) is 60.3 Å². The molecule has 2 amide bonds. The van der Waals surface area contributed by atoms with Crippen molar-refractivity contribution in [3.63, 3.8) is 0 Å². The molecule has 12 nitrogen and oxygen atoms in total. The molecule has 0 aromatic carbocycles. The van der Waals surface area contributed by atoms with Gasteiger partial charge < -0.3 is 48.5 Å². The maximum atomic E-state index is 12.7. The van der Waals surface area contributed by atoms with Gasteiger partial charge in [0.05, 0.1) is 31.5 Å². The molecule has 2 unspecified atom stereocenters. The molecule has 10 atom stereocenters. The first kappa shape index (κ1) is 36.5. The van der Waals surface area contributed by atoms with E-state index in [1.165, 1.54) is 6.08 Å². The molecule has 4 saturated heterocycles. The summed E-state index contributed by atoms with van der Waals surface area (Å²) in [6, 6.07) is -0.134. The minimum Gasteiger partial charge on any atom is -0.442 e. The molecule has 0 saturated carbocycles. The van der Waals surface area contributed by atoms with Crippen molar-refractivity contribution in [3.8, 4) is 0 Å². The lowest BCUT2D eigenvalue weighted by atomic mass is 9.87. The van der Waals surface area contributed by atoms with E-state index < -0.39 is 35.8 Å². The van der Waals surface area contributed by atoms with E-state index in [1.54, 1.807) is 32.1 Å². The van der Waals surface area contributed by atoms with E-state index in [-0.39, 0.29) is 42.8 Å². The molecule has 1 spiro atoms. The number of likely N-dealkylation sites (tertiary alicyclic amines) is 1. The van der Waals surface area contributed by atoms with Gasteiger partial charge >= 0.3 is 6.09 Å². The predicted molar refractivity (Wildman–Crippen MR) is 170 cm³/mol. The fourth-order valence-electron chi connectivity index (χ4n) is 6.46. The Morgan fingerprint density at radius 1 is 1.22 bits per heavy atom. The number of epoxide rings is 1. The molecule has 4 heterocycles. The minimum absolute atomic E-state index is 0.00893. The lowest BCUT2D eigenvalue weighted by molar-refractivity contribution is -0.284. The van der Waals surface area contributed by atoms with Gasteiger partial charge in [0.25, 0.3) is 0 Å². The molecule has 12 heteroatoms. The van der Waals surface area contributed by atoms with Crippen molar-refractivity contribution in [2.75, 3.05) is 47.3 Å². The molecule has 0 aliphatic carbocycles. The van der Waals surface area contributed by atoms with Gasteiger partial charge in [0.2, 0.25) is 5.91 Å². The van der Waals surface area contributed by atoms with Gasteiger partial charge in [-0.25, -0.2) is 4.79 Å². The van der Waals surface area contributed by atoms with Crippen molar-refractivity contribution < 1.29 is 47.9 Å². The van der Waals surface area contributed by atoms with Gasteiger partial charge in [-0.2, -0.15) is 0 Å². The Hall–Kier alpha value is -2.32. The van der Waals surface area contributed by atoms with Crippen LogP contribution in [0.15, 0.2) is 36.0 Å². The predicted octanol–water partition coefficient (Wildman–Crippen LogP) is 3.48. The number of carbonyl (C=O) groups is 2. The van der Waals surface area contributed by atoms with Crippen LogP contribution < -0.4 is 5.32 Å². The second-order valence-electron chi connectivity index (χ2n) is 13.5. The Bertz CT molecular complexity index is 1120. The SMILES string of the molecule is COCOCC1CCN(C(=O)O[C@@H](C)/C=C\C(=O)N[C@@H]2C[C@H](C)[C@H](C/C=C(C)/C=C/C3O[C@](C)(OC)C[C@@]4(CO4)[C@@H]3O)O[C@@H]2C)C1. The maximum absolute atomic E-state index is 12.7. The van der Waals surface area contributed by atoms with E-state index in [0.717, 1.165) is 24.8 Å². The number of rotatable bonds is 13. The normalized spacial score (nSPS) is 37.3. The molecule has 0 aromatic rings. The number of hydrogen-bond donors (Lipinski definition) is 2.